The Morgan fingerprint density at radius 2 is 1.78 bits per heavy atom. The van der Waals surface area contributed by atoms with Crippen molar-refractivity contribution < 1.29 is 9.59 Å². The van der Waals surface area contributed by atoms with Crippen LogP contribution in [0.15, 0.2) is 48.5 Å². The average Bonchev–Trinajstić information content (AvgIpc) is 3.16. The molecule has 0 radical (unpaired) electrons. The van der Waals surface area contributed by atoms with E-state index in [1.165, 1.54) is 6.42 Å². The van der Waals surface area contributed by atoms with Gasteiger partial charge in [-0.15, -0.1) is 0 Å². The van der Waals surface area contributed by atoms with Crippen molar-refractivity contribution >= 4 is 28.5 Å². The summed E-state index contributed by atoms with van der Waals surface area (Å²) in [7, 11) is 0. The lowest BCUT2D eigenvalue weighted by molar-refractivity contribution is -0.125. The Balaban J connectivity index is 1.39. The van der Waals surface area contributed by atoms with Gasteiger partial charge in [-0.1, -0.05) is 49.6 Å². The van der Waals surface area contributed by atoms with Crippen LogP contribution < -0.4 is 10.6 Å². The second kappa shape index (κ2) is 10.4. The van der Waals surface area contributed by atoms with Crippen molar-refractivity contribution in [2.24, 2.45) is 5.92 Å². The van der Waals surface area contributed by atoms with E-state index in [1.54, 1.807) is 0 Å². The van der Waals surface area contributed by atoms with Gasteiger partial charge < -0.3 is 15.2 Å². The first kappa shape index (κ1) is 22.1. The lowest BCUT2D eigenvalue weighted by Gasteiger charge is -2.20. The van der Waals surface area contributed by atoms with E-state index < -0.39 is 0 Å². The number of para-hydroxylation sites is 3. The number of anilines is 1. The summed E-state index contributed by atoms with van der Waals surface area (Å²) in [6, 6.07) is 15.7. The molecule has 0 atom stereocenters. The summed E-state index contributed by atoms with van der Waals surface area (Å²) in [5, 5.41) is 6.11. The molecule has 0 bridgehead atoms. The van der Waals surface area contributed by atoms with Gasteiger partial charge in [0.05, 0.1) is 11.0 Å². The fourth-order valence-corrected chi connectivity index (χ4v) is 4.51. The largest absolute Gasteiger partial charge is 0.356 e. The number of aromatic nitrogens is 2. The maximum absolute atomic E-state index is 12.8. The van der Waals surface area contributed by atoms with Crippen LogP contribution in [0.3, 0.4) is 0 Å². The highest BCUT2D eigenvalue weighted by Gasteiger charge is 2.20. The van der Waals surface area contributed by atoms with Gasteiger partial charge in [0.25, 0.3) is 0 Å². The van der Waals surface area contributed by atoms with E-state index in [0.29, 0.717) is 13.0 Å². The summed E-state index contributed by atoms with van der Waals surface area (Å²) >= 11 is 0. The number of aryl methyl sites for hydroxylation is 2. The van der Waals surface area contributed by atoms with Crippen LogP contribution in [-0.2, 0) is 22.6 Å². The summed E-state index contributed by atoms with van der Waals surface area (Å²) < 4.78 is 1.99. The topological polar surface area (TPSA) is 76.0 Å². The lowest BCUT2D eigenvalue weighted by atomic mass is 9.89. The first-order valence-corrected chi connectivity index (χ1v) is 11.7. The molecule has 2 aromatic carbocycles. The van der Waals surface area contributed by atoms with E-state index in [-0.39, 0.29) is 24.3 Å². The van der Waals surface area contributed by atoms with Crippen molar-refractivity contribution in [2.45, 2.75) is 58.4 Å². The minimum absolute atomic E-state index is 0.0747. The molecule has 4 rings (SSSR count). The van der Waals surface area contributed by atoms with Crippen LogP contribution >= 0.6 is 0 Å². The number of hydrogen-bond donors (Lipinski definition) is 2. The van der Waals surface area contributed by atoms with Gasteiger partial charge in [-0.3, -0.25) is 9.59 Å². The maximum atomic E-state index is 12.8. The van der Waals surface area contributed by atoms with Crippen LogP contribution in [0.25, 0.3) is 11.0 Å². The second-order valence-corrected chi connectivity index (χ2v) is 8.70. The molecule has 6 nitrogen and oxygen atoms in total. The highest BCUT2D eigenvalue weighted by molar-refractivity contribution is 5.92. The van der Waals surface area contributed by atoms with Crippen LogP contribution in [0.5, 0.6) is 0 Å². The number of fused-ring (bicyclic) bond motifs is 1. The molecule has 0 spiro atoms. The van der Waals surface area contributed by atoms with E-state index in [0.717, 1.165) is 60.2 Å². The molecule has 0 saturated heterocycles. The molecule has 1 aliphatic carbocycles. The van der Waals surface area contributed by atoms with Crippen molar-refractivity contribution in [3.05, 3.63) is 59.9 Å². The Kier molecular flexibility index (Phi) is 7.20. The van der Waals surface area contributed by atoms with Gasteiger partial charge >= 0.3 is 0 Å². The molecule has 32 heavy (non-hydrogen) atoms. The zero-order valence-corrected chi connectivity index (χ0v) is 18.8. The van der Waals surface area contributed by atoms with Crippen LogP contribution in [0.4, 0.5) is 5.69 Å². The van der Waals surface area contributed by atoms with Gasteiger partial charge in [0.1, 0.15) is 12.4 Å². The molecule has 0 aliphatic heterocycles. The van der Waals surface area contributed by atoms with Crippen LogP contribution in [-0.4, -0.2) is 27.9 Å². The number of benzene rings is 2. The molecular formula is C26H32N4O2. The predicted octanol–water partition coefficient (Wildman–Crippen LogP) is 4.61. The number of rotatable bonds is 8. The third-order valence-electron chi connectivity index (χ3n) is 6.31. The molecular weight excluding hydrogens is 400 g/mol. The molecule has 0 unspecified atom stereocenters. The van der Waals surface area contributed by atoms with Gasteiger partial charge in [-0.25, -0.2) is 4.98 Å². The Morgan fingerprint density at radius 1 is 1.03 bits per heavy atom. The number of hydrogen-bond acceptors (Lipinski definition) is 3. The van der Waals surface area contributed by atoms with Crippen molar-refractivity contribution in [3.63, 3.8) is 0 Å². The standard InChI is InChI=1S/C26H32N4O2/c1-19-10-5-6-13-21(19)29-25(31)18-30-23-15-8-7-14-22(23)28-24(30)16-9-17-27-26(32)20-11-3-2-4-12-20/h5-8,10,13-15,20H,2-4,9,11-12,16-18H2,1H3,(H,27,32)(H,29,31). The summed E-state index contributed by atoms with van der Waals surface area (Å²) in [4.78, 5) is 30.0. The minimum atomic E-state index is -0.0747. The molecule has 2 N–H and O–H groups in total. The molecule has 3 aromatic rings. The average molecular weight is 433 g/mol. The van der Waals surface area contributed by atoms with Crippen molar-refractivity contribution in [1.82, 2.24) is 14.9 Å². The third kappa shape index (κ3) is 5.36. The summed E-state index contributed by atoms with van der Waals surface area (Å²) in [6.45, 7) is 2.82. The number of nitrogens with one attached hydrogen (secondary N) is 2. The van der Waals surface area contributed by atoms with Crippen LogP contribution in [0.1, 0.15) is 49.9 Å². The van der Waals surface area contributed by atoms with Crippen LogP contribution in [0.2, 0.25) is 0 Å². The van der Waals surface area contributed by atoms with Crippen LogP contribution in [0, 0.1) is 12.8 Å². The summed E-state index contributed by atoms with van der Waals surface area (Å²) in [5.41, 5.74) is 3.70. The quantitative estimate of drug-likeness (QED) is 0.510. The maximum Gasteiger partial charge on any atom is 0.244 e. The Hall–Kier alpha value is -3.15. The third-order valence-corrected chi connectivity index (χ3v) is 6.31. The summed E-state index contributed by atoms with van der Waals surface area (Å²) in [6.07, 6.45) is 7.09. The summed E-state index contributed by atoms with van der Waals surface area (Å²) in [5.74, 6) is 1.17. The predicted molar refractivity (Wildman–Crippen MR) is 127 cm³/mol. The Bertz CT molecular complexity index is 1080. The lowest BCUT2D eigenvalue weighted by Crippen LogP contribution is -2.32. The number of carbonyl (C=O) groups excluding carboxylic acids is 2. The zero-order chi connectivity index (χ0) is 22.3. The number of amides is 2. The SMILES string of the molecule is Cc1ccccc1NC(=O)Cn1c(CCCNC(=O)C2CCCCC2)nc2ccccc21. The van der Waals surface area contributed by atoms with Gasteiger partial charge in [0.15, 0.2) is 0 Å². The smallest absolute Gasteiger partial charge is 0.244 e. The van der Waals surface area contributed by atoms with Gasteiger partial charge in [0, 0.05) is 24.6 Å². The highest BCUT2D eigenvalue weighted by Crippen LogP contribution is 2.23. The first-order chi connectivity index (χ1) is 15.6. The number of imidazole rings is 1. The second-order valence-electron chi connectivity index (χ2n) is 8.70. The first-order valence-electron chi connectivity index (χ1n) is 11.7. The fourth-order valence-electron chi connectivity index (χ4n) is 4.51. The molecule has 6 heteroatoms. The van der Waals surface area contributed by atoms with Crippen molar-refractivity contribution in [1.29, 1.82) is 0 Å². The molecule has 1 aliphatic rings. The van der Waals surface area contributed by atoms with Gasteiger partial charge in [-0.05, 0) is 49.9 Å². The Morgan fingerprint density at radius 3 is 2.59 bits per heavy atom. The highest BCUT2D eigenvalue weighted by atomic mass is 16.2. The molecule has 168 valence electrons. The molecule has 2 amide bonds. The fraction of sp³-hybridized carbons (Fsp3) is 0.423. The monoisotopic (exact) mass is 432 g/mol. The number of carbonyl (C=O) groups is 2. The molecule has 1 heterocycles. The van der Waals surface area contributed by atoms with E-state index >= 15 is 0 Å². The van der Waals surface area contributed by atoms with E-state index in [1.807, 2.05) is 60.0 Å². The Labute approximate surface area is 189 Å². The van der Waals surface area contributed by atoms with E-state index in [4.69, 9.17) is 4.98 Å². The van der Waals surface area contributed by atoms with E-state index in [9.17, 15) is 9.59 Å². The normalized spacial score (nSPS) is 14.4. The molecule has 1 fully saturated rings. The van der Waals surface area contributed by atoms with Gasteiger partial charge in [-0.2, -0.15) is 0 Å². The zero-order valence-electron chi connectivity index (χ0n) is 18.8. The van der Waals surface area contributed by atoms with Gasteiger partial charge in [0.2, 0.25) is 11.8 Å². The van der Waals surface area contributed by atoms with Crippen molar-refractivity contribution in [2.75, 3.05) is 11.9 Å². The molecule has 1 aromatic heterocycles. The molecule has 1 saturated carbocycles. The number of nitrogens with zero attached hydrogens (tertiary/aromatic N) is 2. The van der Waals surface area contributed by atoms with E-state index in [2.05, 4.69) is 10.6 Å². The van der Waals surface area contributed by atoms with Crippen molar-refractivity contribution in [3.8, 4) is 0 Å². The minimum Gasteiger partial charge on any atom is -0.356 e.